The smallest absolute Gasteiger partial charge is 0.272 e. The van der Waals surface area contributed by atoms with Crippen LogP contribution >= 0.6 is 0 Å². The van der Waals surface area contributed by atoms with Crippen molar-refractivity contribution < 1.29 is 4.79 Å². The fraction of sp³-hybridized carbons (Fsp3) is 0.200. The molecule has 4 aromatic rings. The number of benzene rings is 1. The molecule has 0 aliphatic carbocycles. The third-order valence-corrected chi connectivity index (χ3v) is 5.61. The first-order valence-electron chi connectivity index (χ1n) is 10.9. The fourth-order valence-corrected chi connectivity index (χ4v) is 3.65. The number of nitrogens with two attached hydrogens (primary N) is 1. The Bertz CT molecular complexity index is 1360. The van der Waals surface area contributed by atoms with Crippen molar-refractivity contribution in [2.24, 2.45) is 0 Å². The number of carbonyl (C=O) groups excluding carboxylic acids is 1. The molecule has 0 saturated heterocycles. The Morgan fingerprint density at radius 2 is 1.82 bits per heavy atom. The molecule has 0 atom stereocenters. The van der Waals surface area contributed by atoms with E-state index in [-0.39, 0.29) is 17.9 Å². The van der Waals surface area contributed by atoms with Crippen LogP contribution in [0.25, 0.3) is 5.69 Å². The van der Waals surface area contributed by atoms with E-state index in [0.717, 1.165) is 28.2 Å². The van der Waals surface area contributed by atoms with Gasteiger partial charge in [-0.2, -0.15) is 5.10 Å². The number of para-hydroxylation sites is 1. The number of hydrogen-bond acceptors (Lipinski definition) is 6. The molecular formula is C25H27N7O2. The van der Waals surface area contributed by atoms with Gasteiger partial charge in [-0.1, -0.05) is 24.3 Å². The summed E-state index contributed by atoms with van der Waals surface area (Å²) in [6, 6.07) is 17.0. The molecule has 174 valence electrons. The van der Waals surface area contributed by atoms with E-state index in [1.54, 1.807) is 18.5 Å². The lowest BCUT2D eigenvalue weighted by Gasteiger charge is -2.14. The predicted octanol–water partition coefficient (Wildman–Crippen LogP) is 2.23. The van der Waals surface area contributed by atoms with Crippen LogP contribution in [0.4, 0.5) is 5.82 Å². The highest BCUT2D eigenvalue weighted by atomic mass is 16.2. The first-order valence-corrected chi connectivity index (χ1v) is 10.9. The van der Waals surface area contributed by atoms with E-state index >= 15 is 0 Å². The molecule has 0 fully saturated rings. The van der Waals surface area contributed by atoms with Crippen LogP contribution in [-0.2, 0) is 24.3 Å². The van der Waals surface area contributed by atoms with Crippen LogP contribution in [0, 0.1) is 13.8 Å². The lowest BCUT2D eigenvalue weighted by molar-refractivity contribution is -0.120. The highest BCUT2D eigenvalue weighted by Crippen LogP contribution is 2.11. The highest BCUT2D eigenvalue weighted by molar-refractivity contribution is 5.78. The van der Waals surface area contributed by atoms with Gasteiger partial charge in [0, 0.05) is 30.2 Å². The maximum atomic E-state index is 13.1. The molecule has 4 N–H and O–H groups in total. The van der Waals surface area contributed by atoms with Gasteiger partial charge in [0.2, 0.25) is 5.91 Å². The average molecular weight is 458 g/mol. The van der Waals surface area contributed by atoms with Crippen molar-refractivity contribution in [1.29, 1.82) is 0 Å². The van der Waals surface area contributed by atoms with Gasteiger partial charge >= 0.3 is 0 Å². The minimum Gasteiger partial charge on any atom is -0.384 e. The van der Waals surface area contributed by atoms with E-state index in [2.05, 4.69) is 20.8 Å². The number of hydrogen-bond donors (Lipinski definition) is 3. The second-order valence-corrected chi connectivity index (χ2v) is 7.99. The number of aromatic nitrogens is 4. The maximum Gasteiger partial charge on any atom is 0.272 e. The summed E-state index contributed by atoms with van der Waals surface area (Å²) in [5.41, 5.74) is 13.2. The molecular weight excluding hydrogens is 430 g/mol. The minimum absolute atomic E-state index is 0.0173. The molecule has 0 bridgehead atoms. The Balaban J connectivity index is 1.44. The quantitative estimate of drug-likeness (QED) is 0.373. The van der Waals surface area contributed by atoms with Crippen molar-refractivity contribution in [1.82, 2.24) is 24.8 Å². The summed E-state index contributed by atoms with van der Waals surface area (Å²) in [4.78, 5) is 29.9. The molecule has 3 heterocycles. The number of carbonyl (C=O) groups is 1. The van der Waals surface area contributed by atoms with Crippen LogP contribution in [0.15, 0.2) is 71.8 Å². The van der Waals surface area contributed by atoms with Gasteiger partial charge in [-0.15, -0.1) is 0 Å². The van der Waals surface area contributed by atoms with Crippen LogP contribution in [0.1, 0.15) is 28.1 Å². The van der Waals surface area contributed by atoms with Gasteiger partial charge in [-0.25, -0.2) is 14.3 Å². The molecule has 3 aromatic heterocycles. The number of nitrogens with zero attached hydrogens (tertiary/aromatic N) is 4. The largest absolute Gasteiger partial charge is 0.384 e. The molecule has 0 unspecified atom stereocenters. The lowest BCUT2D eigenvalue weighted by atomic mass is 10.1. The van der Waals surface area contributed by atoms with Gasteiger partial charge < -0.3 is 16.5 Å². The van der Waals surface area contributed by atoms with Crippen LogP contribution in [0.2, 0.25) is 0 Å². The topological polar surface area (TPSA) is 120 Å². The first-order chi connectivity index (χ1) is 16.4. The Kier molecular flexibility index (Phi) is 6.72. The van der Waals surface area contributed by atoms with Gasteiger partial charge in [-0.3, -0.25) is 9.59 Å². The first kappa shape index (κ1) is 22.8. The second kappa shape index (κ2) is 10.0. The highest BCUT2D eigenvalue weighted by Gasteiger charge is 2.13. The number of amides is 1. The molecule has 0 aliphatic rings. The summed E-state index contributed by atoms with van der Waals surface area (Å²) in [6.07, 6.45) is 3.37. The summed E-state index contributed by atoms with van der Waals surface area (Å²) in [5, 5.41) is 7.24. The predicted molar refractivity (Wildman–Crippen MR) is 131 cm³/mol. The SMILES string of the molecule is Cc1ccn(NCc2ccnn2-c2ccccc2)c(=O)c1CC(=O)NCc1ccc(N)nc1C. The Labute approximate surface area is 197 Å². The standard InChI is InChI=1S/C25H27N7O2/c1-17-11-13-31(29-16-21-10-12-28-32(21)20-6-4-3-5-7-20)25(34)22(17)14-24(33)27-15-19-8-9-23(26)30-18(19)2/h3-13,29H,14-16H2,1-2H3,(H2,26,30)(H,27,33). The number of nitrogens with one attached hydrogen (secondary N) is 2. The average Bonchev–Trinajstić information content (AvgIpc) is 3.30. The van der Waals surface area contributed by atoms with Crippen LogP contribution in [0.3, 0.4) is 0 Å². The van der Waals surface area contributed by atoms with Crippen molar-refractivity contribution in [3.05, 3.63) is 105 Å². The summed E-state index contributed by atoms with van der Waals surface area (Å²) in [5.74, 6) is 0.198. The fourth-order valence-electron chi connectivity index (χ4n) is 3.65. The number of anilines is 1. The molecule has 4 rings (SSSR count). The number of rotatable bonds is 8. The van der Waals surface area contributed by atoms with E-state index in [1.165, 1.54) is 4.68 Å². The monoisotopic (exact) mass is 457 g/mol. The Morgan fingerprint density at radius 3 is 2.59 bits per heavy atom. The second-order valence-electron chi connectivity index (χ2n) is 7.99. The lowest BCUT2D eigenvalue weighted by Crippen LogP contribution is -2.34. The molecule has 1 aromatic carbocycles. The maximum absolute atomic E-state index is 13.1. The summed E-state index contributed by atoms with van der Waals surface area (Å²) < 4.78 is 3.22. The Morgan fingerprint density at radius 1 is 1.03 bits per heavy atom. The number of aryl methyl sites for hydroxylation is 2. The van der Waals surface area contributed by atoms with Crippen molar-refractivity contribution in [3.8, 4) is 5.69 Å². The van der Waals surface area contributed by atoms with Gasteiger partial charge in [0.05, 0.1) is 24.3 Å². The van der Waals surface area contributed by atoms with E-state index < -0.39 is 0 Å². The molecule has 9 heteroatoms. The molecule has 0 radical (unpaired) electrons. The summed E-state index contributed by atoms with van der Waals surface area (Å²) >= 11 is 0. The molecule has 0 saturated carbocycles. The van der Waals surface area contributed by atoms with Crippen LogP contribution < -0.4 is 22.0 Å². The zero-order valence-corrected chi connectivity index (χ0v) is 19.2. The van der Waals surface area contributed by atoms with Crippen LogP contribution in [-0.4, -0.2) is 25.3 Å². The number of nitrogen functional groups attached to an aromatic ring is 1. The molecule has 0 spiro atoms. The van der Waals surface area contributed by atoms with E-state index in [4.69, 9.17) is 5.73 Å². The van der Waals surface area contributed by atoms with Crippen molar-refractivity contribution in [3.63, 3.8) is 0 Å². The van der Waals surface area contributed by atoms with Crippen molar-refractivity contribution in [2.45, 2.75) is 33.4 Å². The third-order valence-electron chi connectivity index (χ3n) is 5.61. The van der Waals surface area contributed by atoms with Gasteiger partial charge in [0.25, 0.3) is 5.56 Å². The van der Waals surface area contributed by atoms with E-state index in [9.17, 15) is 9.59 Å². The zero-order chi connectivity index (χ0) is 24.1. The third kappa shape index (κ3) is 5.15. The molecule has 34 heavy (non-hydrogen) atoms. The van der Waals surface area contributed by atoms with Crippen molar-refractivity contribution >= 4 is 11.7 Å². The van der Waals surface area contributed by atoms with Gasteiger partial charge in [0.1, 0.15) is 5.82 Å². The van der Waals surface area contributed by atoms with Crippen molar-refractivity contribution in [2.75, 3.05) is 11.2 Å². The molecule has 9 nitrogen and oxygen atoms in total. The molecule has 1 amide bonds. The van der Waals surface area contributed by atoms with Gasteiger partial charge in [-0.05, 0) is 55.3 Å². The normalized spacial score (nSPS) is 10.8. The zero-order valence-electron chi connectivity index (χ0n) is 19.2. The summed E-state index contributed by atoms with van der Waals surface area (Å²) in [6.45, 7) is 4.37. The minimum atomic E-state index is -0.258. The molecule has 0 aliphatic heterocycles. The number of pyridine rings is 2. The van der Waals surface area contributed by atoms with E-state index in [0.29, 0.717) is 24.5 Å². The summed E-state index contributed by atoms with van der Waals surface area (Å²) in [7, 11) is 0. The van der Waals surface area contributed by atoms with Gasteiger partial charge in [0.15, 0.2) is 0 Å². The van der Waals surface area contributed by atoms with Crippen LogP contribution in [0.5, 0.6) is 0 Å². The Hall–Kier alpha value is -4.40. The van der Waals surface area contributed by atoms with E-state index in [1.807, 2.05) is 67.1 Å².